The fourth-order valence-corrected chi connectivity index (χ4v) is 7.11. The number of nitrogens with zero attached hydrogens (tertiary/aromatic N) is 2. The highest BCUT2D eigenvalue weighted by Crippen LogP contribution is 2.55. The van der Waals surface area contributed by atoms with Crippen molar-refractivity contribution in [3.05, 3.63) is 0 Å². The minimum atomic E-state index is -0.757. The minimum Gasteiger partial charge on any atom is -0.480 e. The lowest BCUT2D eigenvalue weighted by molar-refractivity contribution is -0.139. The summed E-state index contributed by atoms with van der Waals surface area (Å²) in [5.41, 5.74) is 0.0823. The number of rotatable bonds is 7. The summed E-state index contributed by atoms with van der Waals surface area (Å²) in [5, 5.41) is 12.6. The molecule has 4 bridgehead atoms. The van der Waals surface area contributed by atoms with Gasteiger partial charge >= 0.3 is 5.97 Å². The van der Waals surface area contributed by atoms with Crippen LogP contribution in [-0.2, 0) is 9.59 Å². The number of carboxylic acid groups (broad SMARTS) is 1. The van der Waals surface area contributed by atoms with Crippen molar-refractivity contribution in [2.45, 2.75) is 82.8 Å². The molecule has 1 heterocycles. The van der Waals surface area contributed by atoms with Gasteiger partial charge in [-0.25, -0.2) is 0 Å². The number of carbonyl (C=O) groups excluding carboxylic acids is 1. The number of aliphatic carboxylic acids is 1. The van der Waals surface area contributed by atoms with E-state index >= 15 is 0 Å². The van der Waals surface area contributed by atoms with E-state index in [9.17, 15) is 9.59 Å². The Kier molecular flexibility index (Phi) is 7.17. The van der Waals surface area contributed by atoms with Crippen LogP contribution < -0.4 is 5.32 Å². The predicted molar refractivity (Wildman–Crippen MR) is 115 cm³/mol. The number of amides is 1. The van der Waals surface area contributed by atoms with Gasteiger partial charge in [-0.05, 0) is 82.6 Å². The highest BCUT2D eigenvalue weighted by Gasteiger charge is 2.51. The lowest BCUT2D eigenvalue weighted by atomic mass is 9.53. The predicted octanol–water partition coefficient (Wildman–Crippen LogP) is 2.75. The van der Waals surface area contributed by atoms with Crippen LogP contribution in [0, 0.1) is 17.8 Å². The van der Waals surface area contributed by atoms with Crippen LogP contribution >= 0.6 is 12.4 Å². The zero-order valence-electron chi connectivity index (χ0n) is 17.9. The average molecular weight is 428 g/mol. The smallest absolute Gasteiger partial charge is 0.317 e. The van der Waals surface area contributed by atoms with Gasteiger partial charge in [-0.15, -0.1) is 12.4 Å². The number of likely N-dealkylation sites (N-methyl/N-ethyl adjacent to an activating group) is 1. The van der Waals surface area contributed by atoms with E-state index in [0.29, 0.717) is 6.04 Å². The van der Waals surface area contributed by atoms with E-state index in [4.69, 9.17) is 5.11 Å². The summed E-state index contributed by atoms with van der Waals surface area (Å²) >= 11 is 0. The molecule has 1 saturated heterocycles. The summed E-state index contributed by atoms with van der Waals surface area (Å²) < 4.78 is 0. The lowest BCUT2D eigenvalue weighted by Crippen LogP contribution is -2.62. The van der Waals surface area contributed by atoms with Gasteiger partial charge in [0, 0.05) is 24.7 Å². The van der Waals surface area contributed by atoms with Crippen molar-refractivity contribution in [2.75, 3.05) is 26.2 Å². The fourth-order valence-electron chi connectivity index (χ4n) is 7.11. The van der Waals surface area contributed by atoms with Crippen LogP contribution in [0.5, 0.6) is 0 Å². The number of piperidine rings is 1. The maximum atomic E-state index is 13.1. The van der Waals surface area contributed by atoms with Crippen LogP contribution in [-0.4, -0.2) is 70.6 Å². The lowest BCUT2D eigenvalue weighted by Gasteiger charge is -2.57. The Labute approximate surface area is 181 Å². The van der Waals surface area contributed by atoms with Crippen molar-refractivity contribution in [2.24, 2.45) is 17.8 Å². The van der Waals surface area contributed by atoms with E-state index in [2.05, 4.69) is 15.1 Å². The fraction of sp³-hybridized carbons (Fsp3) is 0.909. The average Bonchev–Trinajstić information content (AvgIpc) is 2.64. The summed E-state index contributed by atoms with van der Waals surface area (Å²) in [6.45, 7) is 6.69. The molecule has 0 spiro atoms. The number of carbonyl (C=O) groups is 2. The van der Waals surface area contributed by atoms with Gasteiger partial charge in [0.05, 0.1) is 12.6 Å². The van der Waals surface area contributed by atoms with Crippen molar-refractivity contribution < 1.29 is 14.7 Å². The summed E-state index contributed by atoms with van der Waals surface area (Å²) in [7, 11) is 0. The van der Waals surface area contributed by atoms with E-state index in [0.717, 1.165) is 50.2 Å². The summed E-state index contributed by atoms with van der Waals surface area (Å²) in [4.78, 5) is 28.5. The minimum absolute atomic E-state index is 0. The van der Waals surface area contributed by atoms with Crippen LogP contribution in [0.1, 0.15) is 65.2 Å². The number of carboxylic acids is 1. The third kappa shape index (κ3) is 4.91. The number of hydrogen-bond acceptors (Lipinski definition) is 4. The molecule has 5 aliphatic rings. The number of likely N-dealkylation sites (tertiary alicyclic amines) is 1. The van der Waals surface area contributed by atoms with Gasteiger partial charge in [0.1, 0.15) is 0 Å². The highest BCUT2D eigenvalue weighted by molar-refractivity contribution is 5.85. The van der Waals surface area contributed by atoms with Gasteiger partial charge in [0.25, 0.3) is 0 Å². The van der Waals surface area contributed by atoms with Crippen molar-refractivity contribution in [1.82, 2.24) is 15.1 Å². The van der Waals surface area contributed by atoms with E-state index in [-0.39, 0.29) is 36.4 Å². The largest absolute Gasteiger partial charge is 0.480 e. The van der Waals surface area contributed by atoms with E-state index in [1.807, 2.05) is 13.8 Å². The van der Waals surface area contributed by atoms with Crippen molar-refractivity contribution in [1.29, 1.82) is 0 Å². The van der Waals surface area contributed by atoms with E-state index < -0.39 is 5.97 Å². The Bertz CT molecular complexity index is 571. The SMILES string of the molecule is CCN(CC(=O)O)C1CCN(C(C)C(=O)NC23CC4CC(CC(C4)C2)C3)CC1.Cl. The molecule has 5 rings (SSSR count). The van der Waals surface area contributed by atoms with Crippen LogP contribution in [0.2, 0.25) is 0 Å². The molecule has 166 valence electrons. The molecule has 2 N–H and O–H groups in total. The summed E-state index contributed by atoms with van der Waals surface area (Å²) in [6, 6.07) is 0.222. The zero-order chi connectivity index (χ0) is 19.9. The molecule has 0 aromatic rings. The Morgan fingerprint density at radius 1 is 1.10 bits per heavy atom. The Hall–Kier alpha value is -0.850. The molecule has 0 radical (unpaired) electrons. The second kappa shape index (κ2) is 9.11. The van der Waals surface area contributed by atoms with Crippen molar-refractivity contribution in [3.8, 4) is 0 Å². The second-order valence-corrected chi connectivity index (χ2v) is 10.1. The first-order chi connectivity index (χ1) is 13.4. The third-order valence-corrected chi connectivity index (χ3v) is 8.11. The molecule has 1 unspecified atom stereocenters. The molecule has 6 nitrogen and oxygen atoms in total. The molecular weight excluding hydrogens is 390 g/mol. The topological polar surface area (TPSA) is 72.9 Å². The molecule has 1 atom stereocenters. The Balaban J connectivity index is 0.00000240. The van der Waals surface area contributed by atoms with Gasteiger partial charge in [-0.2, -0.15) is 0 Å². The Morgan fingerprint density at radius 3 is 2.07 bits per heavy atom. The molecule has 4 saturated carbocycles. The van der Waals surface area contributed by atoms with Gasteiger partial charge in [0.15, 0.2) is 0 Å². The van der Waals surface area contributed by atoms with E-state index in [1.54, 1.807) is 0 Å². The molecular formula is C22H38ClN3O3. The molecule has 5 fully saturated rings. The standard InChI is InChI=1S/C22H37N3O3.ClH/c1-3-24(14-20(26)27)19-4-6-25(7-5-19)15(2)21(28)23-22-11-16-8-17(12-22)10-18(9-16)13-22;/h15-19H,3-14H2,1-2H3,(H,23,28)(H,26,27);1H. The zero-order valence-corrected chi connectivity index (χ0v) is 18.8. The Morgan fingerprint density at radius 2 is 1.62 bits per heavy atom. The molecule has 1 amide bonds. The van der Waals surface area contributed by atoms with Crippen molar-refractivity contribution >= 4 is 24.3 Å². The van der Waals surface area contributed by atoms with Gasteiger partial charge in [0.2, 0.25) is 5.91 Å². The maximum absolute atomic E-state index is 13.1. The summed E-state index contributed by atoms with van der Waals surface area (Å²) in [5.74, 6) is 1.97. The number of nitrogens with one attached hydrogen (secondary N) is 1. The van der Waals surface area contributed by atoms with Gasteiger partial charge in [-0.3, -0.25) is 19.4 Å². The first-order valence-corrected chi connectivity index (χ1v) is 11.4. The number of hydrogen-bond donors (Lipinski definition) is 2. The normalized spacial score (nSPS) is 35.3. The van der Waals surface area contributed by atoms with Crippen LogP contribution in [0.4, 0.5) is 0 Å². The highest BCUT2D eigenvalue weighted by atomic mass is 35.5. The first-order valence-electron chi connectivity index (χ1n) is 11.4. The first kappa shape index (κ1) is 22.8. The maximum Gasteiger partial charge on any atom is 0.317 e. The number of halogens is 1. The van der Waals surface area contributed by atoms with Crippen LogP contribution in [0.25, 0.3) is 0 Å². The van der Waals surface area contributed by atoms with E-state index in [1.165, 1.54) is 38.5 Å². The molecule has 0 aromatic carbocycles. The second-order valence-electron chi connectivity index (χ2n) is 10.1. The van der Waals surface area contributed by atoms with Crippen molar-refractivity contribution in [3.63, 3.8) is 0 Å². The molecule has 7 heteroatoms. The van der Waals surface area contributed by atoms with Gasteiger partial charge in [-0.1, -0.05) is 6.92 Å². The molecule has 4 aliphatic carbocycles. The molecule has 29 heavy (non-hydrogen) atoms. The third-order valence-electron chi connectivity index (χ3n) is 8.11. The monoisotopic (exact) mass is 427 g/mol. The molecule has 0 aromatic heterocycles. The van der Waals surface area contributed by atoms with Crippen LogP contribution in [0.3, 0.4) is 0 Å². The molecule has 1 aliphatic heterocycles. The summed E-state index contributed by atoms with van der Waals surface area (Å²) in [6.07, 6.45) is 9.64. The van der Waals surface area contributed by atoms with Crippen LogP contribution in [0.15, 0.2) is 0 Å². The quantitative estimate of drug-likeness (QED) is 0.653. The van der Waals surface area contributed by atoms with Gasteiger partial charge < -0.3 is 10.4 Å².